The Morgan fingerprint density at radius 3 is 2.50 bits per heavy atom. The van der Waals surface area contributed by atoms with Gasteiger partial charge in [-0.1, -0.05) is 24.3 Å². The fourth-order valence-electron chi connectivity index (χ4n) is 2.61. The van der Waals surface area contributed by atoms with E-state index >= 15 is 0 Å². The molecule has 0 bridgehead atoms. The third-order valence-corrected chi connectivity index (χ3v) is 3.52. The number of benzene rings is 3. The first kappa shape index (κ1) is 9.58. The van der Waals surface area contributed by atoms with Crippen molar-refractivity contribution in [3.63, 3.8) is 0 Å². The normalized spacial score (nSPS) is 12.7. The summed E-state index contributed by atoms with van der Waals surface area (Å²) >= 11 is 0. The van der Waals surface area contributed by atoms with E-state index in [4.69, 9.17) is 0 Å². The molecule has 3 aromatic carbocycles. The minimum absolute atomic E-state index is 1.21. The van der Waals surface area contributed by atoms with Crippen molar-refractivity contribution < 1.29 is 0 Å². The number of rotatable bonds is 0. The zero-order valence-electron chi connectivity index (χ0n) is 9.85. The SMILES string of the molecule is [C+]1=c2c(ccc3cc4ccccc4cc23)=CC=C1. The lowest BCUT2D eigenvalue weighted by Crippen LogP contribution is -2.25. The molecule has 1 aliphatic carbocycles. The van der Waals surface area contributed by atoms with Crippen molar-refractivity contribution in [1.29, 1.82) is 0 Å². The minimum atomic E-state index is 1.21. The first-order valence-corrected chi connectivity index (χ1v) is 6.14. The molecule has 0 unspecified atom stereocenters. The molecule has 1 aliphatic rings. The first-order chi connectivity index (χ1) is 8.92. The molecular formula is C18H11+. The summed E-state index contributed by atoms with van der Waals surface area (Å²) in [5, 5.41) is 7.60. The predicted molar refractivity (Wildman–Crippen MR) is 77.7 cm³/mol. The lowest BCUT2D eigenvalue weighted by molar-refractivity contribution is 1.58. The molecule has 4 rings (SSSR count). The van der Waals surface area contributed by atoms with E-state index in [2.05, 4.69) is 60.7 Å². The van der Waals surface area contributed by atoms with Crippen LogP contribution in [0.2, 0.25) is 0 Å². The van der Waals surface area contributed by atoms with Crippen molar-refractivity contribution in [3.05, 3.63) is 71.1 Å². The molecule has 0 spiro atoms. The standard InChI is InChI=1S/C18H11/c1-2-7-15-12-18-16(11-14(15)6-1)10-9-13-5-3-4-8-17(13)18/h1-7,9-12H/q+1. The number of hydrogen-bond donors (Lipinski definition) is 0. The third kappa shape index (κ3) is 1.30. The van der Waals surface area contributed by atoms with Crippen LogP contribution in [0.3, 0.4) is 0 Å². The maximum absolute atomic E-state index is 3.36. The van der Waals surface area contributed by atoms with E-state index in [1.54, 1.807) is 0 Å². The van der Waals surface area contributed by atoms with Crippen molar-refractivity contribution in [2.75, 3.05) is 0 Å². The summed E-state index contributed by atoms with van der Waals surface area (Å²) in [6.45, 7) is 0. The Labute approximate surface area is 105 Å². The van der Waals surface area contributed by atoms with Gasteiger partial charge in [0.1, 0.15) is 0 Å². The molecule has 0 N–H and O–H groups in total. The van der Waals surface area contributed by atoms with Crippen LogP contribution in [0.15, 0.2) is 60.7 Å². The van der Waals surface area contributed by atoms with Crippen molar-refractivity contribution in [2.45, 2.75) is 0 Å². The summed E-state index contributed by atoms with van der Waals surface area (Å²) in [7, 11) is 0. The largest absolute Gasteiger partial charge is 0.163 e. The van der Waals surface area contributed by atoms with Crippen LogP contribution in [-0.4, -0.2) is 0 Å². The van der Waals surface area contributed by atoms with Crippen LogP contribution >= 0.6 is 0 Å². The molecule has 0 amide bonds. The van der Waals surface area contributed by atoms with E-state index in [-0.39, 0.29) is 0 Å². The highest BCUT2D eigenvalue weighted by molar-refractivity contribution is 5.98. The molecule has 0 atom stereocenters. The molecule has 3 aromatic rings. The summed E-state index contributed by atoms with van der Waals surface area (Å²) in [6, 6.07) is 17.4. The van der Waals surface area contributed by atoms with Crippen LogP contribution < -0.4 is 10.4 Å². The average Bonchev–Trinajstić information content (AvgIpc) is 2.45. The van der Waals surface area contributed by atoms with Crippen LogP contribution in [0.25, 0.3) is 33.7 Å². The Kier molecular flexibility index (Phi) is 1.88. The maximum Gasteiger partial charge on any atom is 0.163 e. The van der Waals surface area contributed by atoms with E-state index in [0.29, 0.717) is 0 Å². The zero-order valence-corrected chi connectivity index (χ0v) is 9.85. The summed E-state index contributed by atoms with van der Waals surface area (Å²) in [4.78, 5) is 0. The zero-order chi connectivity index (χ0) is 11.9. The van der Waals surface area contributed by atoms with Crippen molar-refractivity contribution in [3.8, 4) is 0 Å². The molecule has 0 nitrogen and oxygen atoms in total. The second-order valence-corrected chi connectivity index (χ2v) is 4.62. The molecule has 0 aromatic heterocycles. The quantitative estimate of drug-likeness (QED) is 0.409. The van der Waals surface area contributed by atoms with Gasteiger partial charge in [-0.25, -0.2) is 0 Å². The van der Waals surface area contributed by atoms with Crippen LogP contribution in [0.4, 0.5) is 0 Å². The highest BCUT2D eigenvalue weighted by atomic mass is 14.0. The molecular weight excluding hydrogens is 216 g/mol. The molecule has 0 saturated heterocycles. The second kappa shape index (κ2) is 3.53. The van der Waals surface area contributed by atoms with Gasteiger partial charge in [0.25, 0.3) is 0 Å². The van der Waals surface area contributed by atoms with E-state index in [9.17, 15) is 0 Å². The lowest BCUT2D eigenvalue weighted by Gasteiger charge is -2.00. The van der Waals surface area contributed by atoms with Crippen LogP contribution in [0.1, 0.15) is 0 Å². The topological polar surface area (TPSA) is 0 Å². The lowest BCUT2D eigenvalue weighted by atomic mass is 9.99. The third-order valence-electron chi connectivity index (χ3n) is 3.52. The van der Waals surface area contributed by atoms with Gasteiger partial charge in [0, 0.05) is 23.6 Å². The molecule has 82 valence electrons. The van der Waals surface area contributed by atoms with Gasteiger partial charge >= 0.3 is 0 Å². The monoisotopic (exact) mass is 227 g/mol. The Morgan fingerprint density at radius 1 is 0.778 bits per heavy atom. The van der Waals surface area contributed by atoms with Crippen LogP contribution in [0.5, 0.6) is 0 Å². The molecule has 0 aliphatic heterocycles. The van der Waals surface area contributed by atoms with Gasteiger partial charge in [0.15, 0.2) is 5.22 Å². The van der Waals surface area contributed by atoms with Crippen molar-refractivity contribution >= 4 is 33.7 Å². The molecule has 0 radical (unpaired) electrons. The maximum atomic E-state index is 3.36. The highest BCUT2D eigenvalue weighted by Crippen LogP contribution is 2.19. The van der Waals surface area contributed by atoms with Gasteiger partial charge in [0.05, 0.1) is 16.7 Å². The van der Waals surface area contributed by atoms with Crippen LogP contribution in [-0.2, 0) is 0 Å². The van der Waals surface area contributed by atoms with E-state index in [1.165, 1.54) is 32.0 Å². The first-order valence-electron chi connectivity index (χ1n) is 6.14. The van der Waals surface area contributed by atoms with Gasteiger partial charge in [-0.05, 0) is 35.0 Å². The van der Waals surface area contributed by atoms with Gasteiger partial charge in [-0.2, -0.15) is 0 Å². The number of hydrogen-bond acceptors (Lipinski definition) is 0. The molecule has 0 fully saturated rings. The molecule has 0 heterocycles. The van der Waals surface area contributed by atoms with Crippen molar-refractivity contribution in [2.24, 2.45) is 0 Å². The fourth-order valence-corrected chi connectivity index (χ4v) is 2.61. The van der Waals surface area contributed by atoms with E-state index in [0.717, 1.165) is 0 Å². The predicted octanol–water partition coefficient (Wildman–Crippen LogP) is 3.00. The second-order valence-electron chi connectivity index (χ2n) is 4.62. The Bertz CT molecular complexity index is 912. The number of fused-ring (bicyclic) bond motifs is 4. The van der Waals surface area contributed by atoms with E-state index in [1.807, 2.05) is 12.2 Å². The fraction of sp³-hybridized carbons (Fsp3) is 0. The highest BCUT2D eigenvalue weighted by Gasteiger charge is 2.07. The molecule has 18 heavy (non-hydrogen) atoms. The van der Waals surface area contributed by atoms with Gasteiger partial charge in [-0.3, -0.25) is 0 Å². The Hall–Kier alpha value is -2.43. The average molecular weight is 227 g/mol. The Balaban J connectivity index is 2.28. The van der Waals surface area contributed by atoms with Gasteiger partial charge in [0.2, 0.25) is 0 Å². The molecule has 0 saturated carbocycles. The van der Waals surface area contributed by atoms with Crippen LogP contribution in [0, 0.1) is 0 Å². The summed E-state index contributed by atoms with van der Waals surface area (Å²) in [6.07, 6.45) is 9.52. The molecule has 0 heteroatoms. The van der Waals surface area contributed by atoms with Gasteiger partial charge in [-0.15, -0.1) is 0 Å². The van der Waals surface area contributed by atoms with E-state index < -0.39 is 0 Å². The Morgan fingerprint density at radius 2 is 1.61 bits per heavy atom. The minimum Gasteiger partial charge on any atom is -0.0616 e. The summed E-state index contributed by atoms with van der Waals surface area (Å²) < 4.78 is 0. The summed E-state index contributed by atoms with van der Waals surface area (Å²) in [5.74, 6) is 0. The summed E-state index contributed by atoms with van der Waals surface area (Å²) in [5.41, 5.74) is 0. The van der Waals surface area contributed by atoms with Gasteiger partial charge < -0.3 is 0 Å². The smallest absolute Gasteiger partial charge is 0.0616 e. The van der Waals surface area contributed by atoms with Crippen molar-refractivity contribution in [1.82, 2.24) is 0 Å². The number of allylic oxidation sites excluding steroid dienone is 2.